The zero-order chi connectivity index (χ0) is 19.9. The molecule has 0 aromatic carbocycles. The van der Waals surface area contributed by atoms with Crippen molar-refractivity contribution in [2.24, 2.45) is 0 Å². The van der Waals surface area contributed by atoms with Gasteiger partial charge in [0.1, 0.15) is 11.2 Å². The second-order valence-corrected chi connectivity index (χ2v) is 8.41. The number of piperidine rings is 2. The Kier molecular flexibility index (Phi) is 4.37. The SMILES string of the molecule is c1cc(N2CCCCC2)c2[nH]c(-c3n[nH]c4cnc(C5CCNCC5)cc34)nc2n1. The van der Waals surface area contributed by atoms with Crippen LogP contribution in [0.25, 0.3) is 33.6 Å². The highest BCUT2D eigenvalue weighted by atomic mass is 15.2. The van der Waals surface area contributed by atoms with Crippen LogP contribution in [0.3, 0.4) is 0 Å². The molecule has 0 unspecified atom stereocenters. The van der Waals surface area contributed by atoms with E-state index >= 15 is 0 Å². The molecule has 2 aliphatic rings. The summed E-state index contributed by atoms with van der Waals surface area (Å²) in [6, 6.07) is 4.29. The van der Waals surface area contributed by atoms with Crippen molar-refractivity contribution < 1.29 is 0 Å². The summed E-state index contributed by atoms with van der Waals surface area (Å²) in [6.45, 7) is 4.28. The van der Waals surface area contributed by atoms with Gasteiger partial charge in [-0.1, -0.05) is 0 Å². The normalized spacial score (nSPS) is 18.5. The Morgan fingerprint density at radius 1 is 1.03 bits per heavy atom. The van der Waals surface area contributed by atoms with Crippen molar-refractivity contribution in [1.82, 2.24) is 35.5 Å². The number of hydrogen-bond acceptors (Lipinski definition) is 6. The topological polar surface area (TPSA) is 98.4 Å². The Hall–Kier alpha value is -3.00. The van der Waals surface area contributed by atoms with Crippen LogP contribution in [0, 0.1) is 0 Å². The van der Waals surface area contributed by atoms with Gasteiger partial charge in [0, 0.05) is 36.3 Å². The van der Waals surface area contributed by atoms with Gasteiger partial charge < -0.3 is 15.2 Å². The molecule has 0 amide bonds. The number of anilines is 1. The van der Waals surface area contributed by atoms with Crippen LogP contribution < -0.4 is 10.2 Å². The van der Waals surface area contributed by atoms with Crippen molar-refractivity contribution in [2.75, 3.05) is 31.1 Å². The summed E-state index contributed by atoms with van der Waals surface area (Å²) < 4.78 is 0. The van der Waals surface area contributed by atoms with Crippen LogP contribution in [0.2, 0.25) is 0 Å². The third kappa shape index (κ3) is 3.02. The highest BCUT2D eigenvalue weighted by molar-refractivity contribution is 5.94. The molecule has 0 radical (unpaired) electrons. The minimum absolute atomic E-state index is 0.501. The zero-order valence-electron chi connectivity index (χ0n) is 17.0. The first-order valence-electron chi connectivity index (χ1n) is 11.0. The standard InChI is InChI=1S/C22H26N8/c1-2-10-30(11-3-1)18-6-9-24-21-20(18)26-22(27-21)19-15-12-16(14-4-7-23-8-5-14)25-13-17(15)28-29-19/h6,9,12-14,23H,1-5,7-8,10-11H2,(H,28,29)(H,24,26,27). The zero-order valence-corrected chi connectivity index (χ0v) is 17.0. The van der Waals surface area contributed by atoms with E-state index in [4.69, 9.17) is 9.97 Å². The lowest BCUT2D eigenvalue weighted by molar-refractivity contribution is 0.453. The maximum Gasteiger partial charge on any atom is 0.180 e. The van der Waals surface area contributed by atoms with Crippen molar-refractivity contribution in [3.8, 4) is 11.5 Å². The number of pyridine rings is 2. The molecule has 3 N–H and O–H groups in total. The fraction of sp³-hybridized carbons (Fsp3) is 0.455. The van der Waals surface area contributed by atoms with Gasteiger partial charge in [0.2, 0.25) is 0 Å². The Balaban J connectivity index is 1.42. The molecular formula is C22H26N8. The van der Waals surface area contributed by atoms with Crippen LogP contribution in [0.15, 0.2) is 24.5 Å². The minimum atomic E-state index is 0.501. The molecule has 0 atom stereocenters. The molecule has 154 valence electrons. The van der Waals surface area contributed by atoms with Crippen LogP contribution in [-0.4, -0.2) is 56.3 Å². The number of imidazole rings is 1. The van der Waals surface area contributed by atoms with Crippen LogP contribution in [-0.2, 0) is 0 Å². The molecular weight excluding hydrogens is 376 g/mol. The first-order valence-corrected chi connectivity index (χ1v) is 11.0. The molecule has 4 aromatic rings. The second kappa shape index (κ2) is 7.36. The third-order valence-corrected chi connectivity index (χ3v) is 6.52. The van der Waals surface area contributed by atoms with E-state index in [-0.39, 0.29) is 0 Å². The molecule has 8 nitrogen and oxygen atoms in total. The van der Waals surface area contributed by atoms with Gasteiger partial charge in [0.15, 0.2) is 11.5 Å². The number of hydrogen-bond donors (Lipinski definition) is 3. The van der Waals surface area contributed by atoms with Crippen LogP contribution >= 0.6 is 0 Å². The molecule has 4 aromatic heterocycles. The van der Waals surface area contributed by atoms with E-state index in [1.54, 1.807) is 0 Å². The van der Waals surface area contributed by atoms with Crippen LogP contribution in [0.4, 0.5) is 5.69 Å². The van der Waals surface area contributed by atoms with Crippen molar-refractivity contribution in [3.63, 3.8) is 0 Å². The Labute approximate surface area is 174 Å². The van der Waals surface area contributed by atoms with Gasteiger partial charge in [-0.05, 0) is 57.3 Å². The lowest BCUT2D eigenvalue weighted by Crippen LogP contribution is -2.29. The highest BCUT2D eigenvalue weighted by Crippen LogP contribution is 2.32. The van der Waals surface area contributed by atoms with Crippen LogP contribution in [0.5, 0.6) is 0 Å². The van der Waals surface area contributed by atoms with Gasteiger partial charge in [0.05, 0.1) is 17.4 Å². The molecule has 2 aliphatic heterocycles. The summed E-state index contributed by atoms with van der Waals surface area (Å²) in [4.78, 5) is 20.0. The number of fused-ring (bicyclic) bond motifs is 2. The number of aromatic nitrogens is 6. The van der Waals surface area contributed by atoms with E-state index in [0.717, 1.165) is 78.3 Å². The van der Waals surface area contributed by atoms with Gasteiger partial charge in [-0.3, -0.25) is 10.1 Å². The molecule has 8 heteroatoms. The molecule has 2 saturated heterocycles. The predicted molar refractivity (Wildman–Crippen MR) is 118 cm³/mol. The van der Waals surface area contributed by atoms with Gasteiger partial charge in [0.25, 0.3) is 0 Å². The number of nitrogens with zero attached hydrogens (tertiary/aromatic N) is 5. The van der Waals surface area contributed by atoms with E-state index in [9.17, 15) is 0 Å². The number of rotatable bonds is 3. The molecule has 0 aliphatic carbocycles. The number of nitrogens with one attached hydrogen (secondary N) is 3. The summed E-state index contributed by atoms with van der Waals surface area (Å²) in [7, 11) is 0. The number of H-pyrrole nitrogens is 2. The maximum atomic E-state index is 4.80. The van der Waals surface area contributed by atoms with Crippen molar-refractivity contribution in [1.29, 1.82) is 0 Å². The Morgan fingerprint density at radius 2 is 1.90 bits per heavy atom. The largest absolute Gasteiger partial charge is 0.370 e. The van der Waals surface area contributed by atoms with Gasteiger partial charge in [-0.15, -0.1) is 0 Å². The van der Waals surface area contributed by atoms with Gasteiger partial charge in [-0.2, -0.15) is 5.10 Å². The highest BCUT2D eigenvalue weighted by Gasteiger charge is 2.21. The summed E-state index contributed by atoms with van der Waals surface area (Å²) in [5, 5.41) is 12.2. The van der Waals surface area contributed by atoms with Crippen LogP contribution in [0.1, 0.15) is 43.7 Å². The fourth-order valence-electron chi connectivity index (χ4n) is 4.86. The third-order valence-electron chi connectivity index (χ3n) is 6.52. The maximum absolute atomic E-state index is 4.80. The van der Waals surface area contributed by atoms with Crippen molar-refractivity contribution in [3.05, 3.63) is 30.2 Å². The van der Waals surface area contributed by atoms with Gasteiger partial charge >= 0.3 is 0 Å². The molecule has 2 fully saturated rings. The fourth-order valence-corrected chi connectivity index (χ4v) is 4.86. The van der Waals surface area contributed by atoms with Crippen molar-refractivity contribution >= 4 is 27.8 Å². The summed E-state index contributed by atoms with van der Waals surface area (Å²) in [5.41, 5.74) is 5.86. The van der Waals surface area contributed by atoms with E-state index < -0.39 is 0 Å². The smallest absolute Gasteiger partial charge is 0.180 e. The van der Waals surface area contributed by atoms with Gasteiger partial charge in [-0.25, -0.2) is 9.97 Å². The predicted octanol–water partition coefficient (Wildman–Crippen LogP) is 3.35. The molecule has 0 spiro atoms. The first kappa shape index (κ1) is 17.8. The molecule has 6 rings (SSSR count). The van der Waals surface area contributed by atoms with E-state index in [1.807, 2.05) is 12.4 Å². The van der Waals surface area contributed by atoms with E-state index in [0.29, 0.717) is 5.92 Å². The minimum Gasteiger partial charge on any atom is -0.370 e. The lowest BCUT2D eigenvalue weighted by Gasteiger charge is -2.28. The summed E-state index contributed by atoms with van der Waals surface area (Å²) >= 11 is 0. The summed E-state index contributed by atoms with van der Waals surface area (Å²) in [6.07, 6.45) is 9.80. The average molecular weight is 403 g/mol. The molecule has 0 saturated carbocycles. The molecule has 0 bridgehead atoms. The lowest BCUT2D eigenvalue weighted by atomic mass is 9.93. The monoisotopic (exact) mass is 402 g/mol. The summed E-state index contributed by atoms with van der Waals surface area (Å²) in [5.74, 6) is 1.26. The first-order chi connectivity index (χ1) is 14.9. The Morgan fingerprint density at radius 3 is 2.77 bits per heavy atom. The average Bonchev–Trinajstić information content (AvgIpc) is 3.43. The molecule has 6 heterocycles. The van der Waals surface area contributed by atoms with Crippen molar-refractivity contribution in [2.45, 2.75) is 38.0 Å². The second-order valence-electron chi connectivity index (χ2n) is 8.41. The quantitative estimate of drug-likeness (QED) is 0.486. The molecule has 30 heavy (non-hydrogen) atoms. The number of aromatic amines is 2. The van der Waals surface area contributed by atoms with E-state index in [2.05, 4.69) is 42.5 Å². The van der Waals surface area contributed by atoms with E-state index in [1.165, 1.54) is 24.9 Å². The Bertz CT molecular complexity index is 1180.